The lowest BCUT2D eigenvalue weighted by atomic mass is 9.94. The summed E-state index contributed by atoms with van der Waals surface area (Å²) >= 11 is 0. The SMILES string of the molecule is N#CC1(N)C(=O)Nc2cc(F)ccc21. The molecular weight excluding hydrogens is 185 g/mol. The Kier molecular flexibility index (Phi) is 1.56. The van der Waals surface area contributed by atoms with Crippen molar-refractivity contribution in [2.24, 2.45) is 5.73 Å². The quantitative estimate of drug-likeness (QED) is 0.625. The molecule has 0 spiro atoms. The Hall–Kier alpha value is -1.93. The maximum absolute atomic E-state index is 12.8. The van der Waals surface area contributed by atoms with Crippen molar-refractivity contribution in [1.29, 1.82) is 5.26 Å². The highest BCUT2D eigenvalue weighted by molar-refractivity contribution is 6.07. The van der Waals surface area contributed by atoms with Crippen molar-refractivity contribution in [3.05, 3.63) is 29.6 Å². The molecule has 1 amide bonds. The Bertz CT molecular complexity index is 466. The Morgan fingerprint density at radius 2 is 2.29 bits per heavy atom. The molecule has 1 aromatic carbocycles. The average Bonchev–Trinajstić information content (AvgIpc) is 2.39. The van der Waals surface area contributed by atoms with Crippen molar-refractivity contribution in [2.45, 2.75) is 5.54 Å². The summed E-state index contributed by atoms with van der Waals surface area (Å²) in [5.41, 5.74) is 4.45. The molecule has 3 N–H and O–H groups in total. The third-order valence-electron chi connectivity index (χ3n) is 2.19. The van der Waals surface area contributed by atoms with Crippen LogP contribution in [0.4, 0.5) is 10.1 Å². The predicted molar refractivity (Wildman–Crippen MR) is 46.5 cm³/mol. The first-order valence-corrected chi connectivity index (χ1v) is 3.89. The highest BCUT2D eigenvalue weighted by atomic mass is 19.1. The van der Waals surface area contributed by atoms with Crippen molar-refractivity contribution < 1.29 is 9.18 Å². The standard InChI is InChI=1S/C9H6FN3O/c10-5-1-2-6-7(3-5)13-8(14)9(6,12)4-11/h1-3H,12H2,(H,13,14). The molecule has 0 aliphatic carbocycles. The molecule has 2 rings (SSSR count). The van der Waals surface area contributed by atoms with E-state index in [1.54, 1.807) is 6.07 Å². The van der Waals surface area contributed by atoms with Gasteiger partial charge in [-0.2, -0.15) is 5.26 Å². The van der Waals surface area contributed by atoms with E-state index in [0.717, 1.165) is 12.1 Å². The number of benzene rings is 1. The van der Waals surface area contributed by atoms with E-state index in [1.165, 1.54) is 6.07 Å². The lowest BCUT2D eigenvalue weighted by molar-refractivity contribution is -0.118. The molecule has 0 fully saturated rings. The minimum absolute atomic E-state index is 0.263. The van der Waals surface area contributed by atoms with Gasteiger partial charge in [-0.15, -0.1) is 0 Å². The van der Waals surface area contributed by atoms with E-state index in [-0.39, 0.29) is 5.69 Å². The molecule has 70 valence electrons. The van der Waals surface area contributed by atoms with Gasteiger partial charge in [0, 0.05) is 5.56 Å². The molecule has 0 saturated carbocycles. The molecule has 5 heteroatoms. The molecule has 0 radical (unpaired) electrons. The van der Waals surface area contributed by atoms with E-state index in [1.807, 2.05) is 0 Å². The van der Waals surface area contributed by atoms with Gasteiger partial charge in [0.25, 0.3) is 5.91 Å². The van der Waals surface area contributed by atoms with Gasteiger partial charge in [0.2, 0.25) is 5.54 Å². The number of anilines is 1. The summed E-state index contributed by atoms with van der Waals surface area (Å²) < 4.78 is 12.8. The van der Waals surface area contributed by atoms with Crippen LogP contribution in [-0.4, -0.2) is 5.91 Å². The summed E-state index contributed by atoms with van der Waals surface area (Å²) in [6.45, 7) is 0. The molecule has 1 aliphatic heterocycles. The van der Waals surface area contributed by atoms with Crippen LogP contribution in [0, 0.1) is 17.1 Å². The van der Waals surface area contributed by atoms with Crippen molar-refractivity contribution >= 4 is 11.6 Å². The van der Waals surface area contributed by atoms with Crippen molar-refractivity contribution in [3.63, 3.8) is 0 Å². The number of hydrogen-bond acceptors (Lipinski definition) is 3. The molecule has 4 nitrogen and oxygen atoms in total. The van der Waals surface area contributed by atoms with Crippen LogP contribution >= 0.6 is 0 Å². The highest BCUT2D eigenvalue weighted by Gasteiger charge is 2.44. The fraction of sp³-hybridized carbons (Fsp3) is 0.111. The van der Waals surface area contributed by atoms with Gasteiger partial charge < -0.3 is 11.1 Å². The van der Waals surface area contributed by atoms with Crippen LogP contribution in [0.5, 0.6) is 0 Å². The van der Waals surface area contributed by atoms with Crippen LogP contribution < -0.4 is 11.1 Å². The number of carbonyl (C=O) groups is 1. The van der Waals surface area contributed by atoms with Crippen LogP contribution in [0.1, 0.15) is 5.56 Å². The van der Waals surface area contributed by atoms with Gasteiger partial charge in [0.1, 0.15) is 5.82 Å². The summed E-state index contributed by atoms with van der Waals surface area (Å²) in [6, 6.07) is 5.35. The van der Waals surface area contributed by atoms with Crippen LogP contribution in [0.25, 0.3) is 0 Å². The molecule has 0 bridgehead atoms. The monoisotopic (exact) mass is 191 g/mol. The Morgan fingerprint density at radius 3 is 2.93 bits per heavy atom. The van der Waals surface area contributed by atoms with Crippen LogP contribution in [0.3, 0.4) is 0 Å². The molecule has 1 heterocycles. The van der Waals surface area contributed by atoms with Gasteiger partial charge in [-0.1, -0.05) is 6.07 Å². The lowest BCUT2D eigenvalue weighted by Gasteiger charge is -2.10. The predicted octanol–water partition coefficient (Wildman–Crippen LogP) is 0.455. The Morgan fingerprint density at radius 1 is 1.57 bits per heavy atom. The summed E-state index contributed by atoms with van der Waals surface area (Å²) in [5.74, 6) is -1.10. The average molecular weight is 191 g/mol. The van der Waals surface area contributed by atoms with E-state index >= 15 is 0 Å². The zero-order chi connectivity index (χ0) is 10.3. The van der Waals surface area contributed by atoms with E-state index < -0.39 is 17.3 Å². The Labute approximate surface area is 79.1 Å². The second kappa shape index (κ2) is 2.53. The number of hydrogen-bond donors (Lipinski definition) is 2. The highest BCUT2D eigenvalue weighted by Crippen LogP contribution is 2.33. The zero-order valence-electron chi connectivity index (χ0n) is 7.04. The third-order valence-corrected chi connectivity index (χ3v) is 2.19. The number of nitrogens with one attached hydrogen (secondary N) is 1. The number of nitrogens with zero attached hydrogens (tertiary/aromatic N) is 1. The number of amides is 1. The molecule has 1 aromatic rings. The van der Waals surface area contributed by atoms with Crippen molar-refractivity contribution in [1.82, 2.24) is 0 Å². The molecule has 0 saturated heterocycles. The molecule has 1 unspecified atom stereocenters. The van der Waals surface area contributed by atoms with E-state index in [4.69, 9.17) is 11.0 Å². The van der Waals surface area contributed by atoms with Crippen molar-refractivity contribution in [3.8, 4) is 6.07 Å². The summed E-state index contributed by atoms with van der Waals surface area (Å²) in [7, 11) is 0. The maximum atomic E-state index is 12.8. The van der Waals surface area contributed by atoms with Gasteiger partial charge in [-0.25, -0.2) is 4.39 Å². The van der Waals surface area contributed by atoms with E-state index in [2.05, 4.69) is 5.32 Å². The van der Waals surface area contributed by atoms with Crippen LogP contribution in [-0.2, 0) is 10.3 Å². The minimum atomic E-state index is -1.69. The summed E-state index contributed by atoms with van der Waals surface area (Å²) in [4.78, 5) is 11.3. The number of fused-ring (bicyclic) bond motifs is 1. The summed E-state index contributed by atoms with van der Waals surface area (Å²) in [6.07, 6.45) is 0. The zero-order valence-corrected chi connectivity index (χ0v) is 7.04. The topological polar surface area (TPSA) is 78.9 Å². The fourth-order valence-electron chi connectivity index (χ4n) is 1.42. The minimum Gasteiger partial charge on any atom is -0.323 e. The van der Waals surface area contributed by atoms with Gasteiger partial charge in [-0.3, -0.25) is 4.79 Å². The second-order valence-electron chi connectivity index (χ2n) is 3.06. The third kappa shape index (κ3) is 0.916. The Balaban J connectivity index is 2.66. The molecule has 1 atom stereocenters. The molecular formula is C9H6FN3O. The first kappa shape index (κ1) is 8.66. The van der Waals surface area contributed by atoms with Crippen molar-refractivity contribution in [2.75, 3.05) is 5.32 Å². The number of rotatable bonds is 0. The van der Waals surface area contributed by atoms with Crippen LogP contribution in [0.15, 0.2) is 18.2 Å². The van der Waals surface area contributed by atoms with Gasteiger partial charge >= 0.3 is 0 Å². The normalized spacial score (nSPS) is 23.9. The number of carbonyl (C=O) groups excluding carboxylic acids is 1. The smallest absolute Gasteiger partial charge is 0.264 e. The molecule has 1 aliphatic rings. The largest absolute Gasteiger partial charge is 0.323 e. The number of nitriles is 1. The number of nitrogens with two attached hydrogens (primary N) is 1. The molecule has 14 heavy (non-hydrogen) atoms. The number of halogens is 1. The second-order valence-corrected chi connectivity index (χ2v) is 3.06. The van der Waals surface area contributed by atoms with E-state index in [9.17, 15) is 9.18 Å². The van der Waals surface area contributed by atoms with Gasteiger partial charge in [0.05, 0.1) is 11.8 Å². The maximum Gasteiger partial charge on any atom is 0.264 e. The first-order chi connectivity index (χ1) is 6.58. The van der Waals surface area contributed by atoms with Gasteiger partial charge in [-0.05, 0) is 12.1 Å². The van der Waals surface area contributed by atoms with Crippen LogP contribution in [0.2, 0.25) is 0 Å². The van der Waals surface area contributed by atoms with Gasteiger partial charge in [0.15, 0.2) is 0 Å². The fourth-order valence-corrected chi connectivity index (χ4v) is 1.42. The van der Waals surface area contributed by atoms with E-state index in [0.29, 0.717) is 5.56 Å². The lowest BCUT2D eigenvalue weighted by Crippen LogP contribution is -2.41. The molecule has 0 aromatic heterocycles. The summed E-state index contributed by atoms with van der Waals surface area (Å²) in [5, 5.41) is 11.1. The first-order valence-electron chi connectivity index (χ1n) is 3.89.